The number of hydrogen-bond acceptors (Lipinski definition) is 5. The summed E-state index contributed by atoms with van der Waals surface area (Å²) < 4.78 is 5.03. The van der Waals surface area contributed by atoms with Crippen LogP contribution < -0.4 is 0 Å². The van der Waals surface area contributed by atoms with E-state index >= 15 is 0 Å². The lowest BCUT2D eigenvalue weighted by Crippen LogP contribution is -2.18. The number of phenols is 2. The molecular formula is C19H18O6. The molecule has 130 valence electrons. The standard InChI is InChI=1S/C19H18O6/c1-11-3-6-14(9-12(11)2)18(19(23)24)25-17(22)8-5-13-4-7-15(20)16(21)10-13/h3-10,18,20-21H,1-2H3,(H,23,24)/b8-5+. The molecule has 0 radical (unpaired) electrons. The number of carbonyl (C=O) groups is 2. The van der Waals surface area contributed by atoms with Crippen LogP contribution in [0.15, 0.2) is 42.5 Å². The van der Waals surface area contributed by atoms with Gasteiger partial charge in [0.1, 0.15) is 0 Å². The van der Waals surface area contributed by atoms with E-state index in [-0.39, 0.29) is 11.5 Å². The Bertz CT molecular complexity index is 838. The second-order valence-electron chi connectivity index (χ2n) is 5.58. The number of benzene rings is 2. The SMILES string of the molecule is Cc1ccc(C(OC(=O)/C=C/c2ccc(O)c(O)c2)C(=O)O)cc1C. The van der Waals surface area contributed by atoms with Crippen LogP contribution in [0, 0.1) is 13.8 Å². The fraction of sp³-hybridized carbons (Fsp3) is 0.158. The van der Waals surface area contributed by atoms with Crippen LogP contribution in [0.4, 0.5) is 0 Å². The third-order valence-electron chi connectivity index (χ3n) is 3.70. The van der Waals surface area contributed by atoms with E-state index in [0.29, 0.717) is 11.1 Å². The van der Waals surface area contributed by atoms with Crippen molar-refractivity contribution in [3.63, 3.8) is 0 Å². The highest BCUT2D eigenvalue weighted by atomic mass is 16.6. The van der Waals surface area contributed by atoms with Crippen molar-refractivity contribution in [3.8, 4) is 11.5 Å². The van der Waals surface area contributed by atoms with E-state index in [1.54, 1.807) is 18.2 Å². The van der Waals surface area contributed by atoms with E-state index in [4.69, 9.17) is 4.74 Å². The van der Waals surface area contributed by atoms with Crippen molar-refractivity contribution < 1.29 is 29.6 Å². The number of aryl methyl sites for hydroxylation is 2. The van der Waals surface area contributed by atoms with Gasteiger partial charge < -0.3 is 20.1 Å². The number of phenolic OH excluding ortho intramolecular Hbond substituents is 2. The number of hydrogen-bond donors (Lipinski definition) is 3. The van der Waals surface area contributed by atoms with Crippen LogP contribution in [0.1, 0.15) is 28.4 Å². The fourth-order valence-corrected chi connectivity index (χ4v) is 2.15. The second kappa shape index (κ2) is 7.53. The molecule has 25 heavy (non-hydrogen) atoms. The summed E-state index contributed by atoms with van der Waals surface area (Å²) >= 11 is 0. The summed E-state index contributed by atoms with van der Waals surface area (Å²) in [6, 6.07) is 9.06. The number of rotatable bonds is 5. The molecule has 0 bridgehead atoms. The molecule has 0 saturated carbocycles. The van der Waals surface area contributed by atoms with E-state index in [0.717, 1.165) is 17.2 Å². The van der Waals surface area contributed by atoms with E-state index in [9.17, 15) is 24.9 Å². The molecular weight excluding hydrogens is 324 g/mol. The number of esters is 1. The molecule has 2 rings (SSSR count). The summed E-state index contributed by atoms with van der Waals surface area (Å²) in [6.07, 6.45) is 0.994. The molecule has 2 aromatic rings. The minimum Gasteiger partial charge on any atom is -0.504 e. The molecule has 1 unspecified atom stereocenters. The molecule has 0 spiro atoms. The molecule has 3 N–H and O–H groups in total. The smallest absolute Gasteiger partial charge is 0.349 e. The van der Waals surface area contributed by atoms with E-state index in [1.165, 1.54) is 24.3 Å². The molecule has 6 heteroatoms. The fourth-order valence-electron chi connectivity index (χ4n) is 2.15. The van der Waals surface area contributed by atoms with Crippen LogP contribution >= 0.6 is 0 Å². The minimum absolute atomic E-state index is 0.277. The van der Waals surface area contributed by atoms with E-state index < -0.39 is 18.0 Å². The molecule has 1 atom stereocenters. The monoisotopic (exact) mass is 342 g/mol. The van der Waals surface area contributed by atoms with Crippen LogP contribution in [0.2, 0.25) is 0 Å². The van der Waals surface area contributed by atoms with Gasteiger partial charge in [0.2, 0.25) is 6.10 Å². The zero-order chi connectivity index (χ0) is 18.6. The largest absolute Gasteiger partial charge is 0.504 e. The summed E-state index contributed by atoms with van der Waals surface area (Å²) in [6.45, 7) is 3.74. The van der Waals surface area contributed by atoms with Gasteiger partial charge in [0.15, 0.2) is 11.5 Å². The summed E-state index contributed by atoms with van der Waals surface area (Å²) in [5, 5.41) is 28.0. The van der Waals surface area contributed by atoms with Crippen molar-refractivity contribution in [2.24, 2.45) is 0 Å². The van der Waals surface area contributed by atoms with Gasteiger partial charge in [0, 0.05) is 11.6 Å². The van der Waals surface area contributed by atoms with E-state index in [2.05, 4.69) is 0 Å². The summed E-state index contributed by atoms with van der Waals surface area (Å²) in [5.74, 6) is -2.71. The normalized spacial score (nSPS) is 12.1. The summed E-state index contributed by atoms with van der Waals surface area (Å²) in [4.78, 5) is 23.3. The van der Waals surface area contributed by atoms with Gasteiger partial charge in [-0.25, -0.2) is 9.59 Å². The molecule has 6 nitrogen and oxygen atoms in total. The Morgan fingerprint density at radius 2 is 1.72 bits per heavy atom. The number of aromatic hydroxyl groups is 2. The van der Waals surface area contributed by atoms with Crippen molar-refractivity contribution >= 4 is 18.0 Å². The number of ether oxygens (including phenoxy) is 1. The zero-order valence-corrected chi connectivity index (χ0v) is 13.8. The topological polar surface area (TPSA) is 104 Å². The second-order valence-corrected chi connectivity index (χ2v) is 5.58. The number of carboxylic acid groups (broad SMARTS) is 1. The third kappa shape index (κ3) is 4.60. The van der Waals surface area contributed by atoms with Crippen LogP contribution in [0.3, 0.4) is 0 Å². The highest BCUT2D eigenvalue weighted by Gasteiger charge is 2.23. The number of carboxylic acids is 1. The lowest BCUT2D eigenvalue weighted by Gasteiger charge is -2.14. The Morgan fingerprint density at radius 1 is 1.00 bits per heavy atom. The maximum atomic E-state index is 11.9. The molecule has 0 heterocycles. The minimum atomic E-state index is -1.41. The van der Waals surface area contributed by atoms with Crippen molar-refractivity contribution in [1.82, 2.24) is 0 Å². The third-order valence-corrected chi connectivity index (χ3v) is 3.70. The first-order valence-corrected chi connectivity index (χ1v) is 7.48. The van der Waals surface area contributed by atoms with Gasteiger partial charge in [-0.05, 0) is 48.7 Å². The summed E-state index contributed by atoms with van der Waals surface area (Å²) in [7, 11) is 0. The maximum absolute atomic E-state index is 11.9. The van der Waals surface area contributed by atoms with Crippen molar-refractivity contribution in [3.05, 3.63) is 64.7 Å². The van der Waals surface area contributed by atoms with Gasteiger partial charge in [-0.2, -0.15) is 0 Å². The molecule has 0 aliphatic heterocycles. The van der Waals surface area contributed by atoms with Gasteiger partial charge in [-0.3, -0.25) is 0 Å². The van der Waals surface area contributed by atoms with Gasteiger partial charge >= 0.3 is 11.9 Å². The molecule has 0 fully saturated rings. The Morgan fingerprint density at radius 3 is 2.32 bits per heavy atom. The Hall–Kier alpha value is -3.28. The predicted octanol–water partition coefficient (Wildman–Crippen LogP) is 3.10. The van der Waals surface area contributed by atoms with Crippen LogP contribution in [-0.2, 0) is 14.3 Å². The lowest BCUT2D eigenvalue weighted by molar-refractivity contribution is -0.161. The van der Waals surface area contributed by atoms with Crippen molar-refractivity contribution in [2.45, 2.75) is 20.0 Å². The Labute approximate surface area is 144 Å². The average Bonchev–Trinajstić information content (AvgIpc) is 2.56. The van der Waals surface area contributed by atoms with Crippen LogP contribution in [-0.4, -0.2) is 27.3 Å². The Kier molecular flexibility index (Phi) is 5.44. The average molecular weight is 342 g/mol. The first kappa shape index (κ1) is 18.1. The van der Waals surface area contributed by atoms with Crippen molar-refractivity contribution in [1.29, 1.82) is 0 Å². The van der Waals surface area contributed by atoms with E-state index in [1.807, 2.05) is 13.8 Å². The Balaban J connectivity index is 2.14. The number of aliphatic carboxylic acids is 1. The van der Waals surface area contributed by atoms with Gasteiger partial charge in [0.05, 0.1) is 0 Å². The highest BCUT2D eigenvalue weighted by Crippen LogP contribution is 2.25. The molecule has 0 amide bonds. The highest BCUT2D eigenvalue weighted by molar-refractivity contribution is 5.89. The lowest BCUT2D eigenvalue weighted by atomic mass is 10.0. The molecule has 0 aromatic heterocycles. The molecule has 0 aliphatic carbocycles. The number of carbonyl (C=O) groups excluding carboxylic acids is 1. The van der Waals surface area contributed by atoms with Crippen LogP contribution in [0.5, 0.6) is 11.5 Å². The first-order chi connectivity index (χ1) is 11.8. The summed E-state index contributed by atoms with van der Waals surface area (Å²) in [5.41, 5.74) is 2.73. The molecule has 0 saturated heterocycles. The molecule has 2 aromatic carbocycles. The van der Waals surface area contributed by atoms with Crippen LogP contribution in [0.25, 0.3) is 6.08 Å². The first-order valence-electron chi connectivity index (χ1n) is 7.48. The maximum Gasteiger partial charge on any atom is 0.349 e. The van der Waals surface area contributed by atoms with Crippen molar-refractivity contribution in [2.75, 3.05) is 0 Å². The zero-order valence-electron chi connectivity index (χ0n) is 13.8. The molecule has 0 aliphatic rings. The quantitative estimate of drug-likeness (QED) is 0.438. The van der Waals surface area contributed by atoms with Gasteiger partial charge in [-0.15, -0.1) is 0 Å². The van der Waals surface area contributed by atoms with Gasteiger partial charge in [0.25, 0.3) is 0 Å². The predicted molar refractivity (Wildman–Crippen MR) is 91.2 cm³/mol. The van der Waals surface area contributed by atoms with Gasteiger partial charge in [-0.1, -0.05) is 24.3 Å².